The van der Waals surface area contributed by atoms with Gasteiger partial charge in [0.25, 0.3) is 0 Å². The summed E-state index contributed by atoms with van der Waals surface area (Å²) >= 11 is 10.5. The van der Waals surface area contributed by atoms with Gasteiger partial charge in [0.2, 0.25) is 0 Å². The molecule has 0 saturated heterocycles. The van der Waals surface area contributed by atoms with Crippen LogP contribution in [0.15, 0.2) is 42.5 Å². The lowest BCUT2D eigenvalue weighted by Gasteiger charge is -2.08. The van der Waals surface area contributed by atoms with Gasteiger partial charge in [-0.1, -0.05) is 42.0 Å². The van der Waals surface area contributed by atoms with E-state index in [-0.39, 0.29) is 11.6 Å². The fourth-order valence-electron chi connectivity index (χ4n) is 1.54. The number of nitrogens with two attached hydrogens (primary N) is 1. The van der Waals surface area contributed by atoms with Crippen LogP contribution in [0.4, 0.5) is 4.39 Å². The van der Waals surface area contributed by atoms with Crippen LogP contribution in [0.25, 0.3) is 0 Å². The van der Waals surface area contributed by atoms with E-state index in [9.17, 15) is 4.39 Å². The second-order valence-corrected chi connectivity index (χ2v) is 4.78. The Labute approximate surface area is 120 Å². The number of halogens is 2. The smallest absolute Gasteiger partial charge is 0.142 e. The molecule has 0 bridgehead atoms. The van der Waals surface area contributed by atoms with Gasteiger partial charge < -0.3 is 10.5 Å². The van der Waals surface area contributed by atoms with E-state index < -0.39 is 5.82 Å². The largest absolute Gasteiger partial charge is 0.489 e. The van der Waals surface area contributed by atoms with Gasteiger partial charge in [0.1, 0.15) is 23.2 Å². The van der Waals surface area contributed by atoms with Gasteiger partial charge in [-0.2, -0.15) is 0 Å². The molecule has 0 aliphatic rings. The lowest BCUT2D eigenvalue weighted by Crippen LogP contribution is -2.09. The topological polar surface area (TPSA) is 35.2 Å². The minimum atomic E-state index is -0.459. The highest BCUT2D eigenvalue weighted by molar-refractivity contribution is 7.80. The second kappa shape index (κ2) is 5.99. The molecule has 0 amide bonds. The molecule has 2 N–H and O–H groups in total. The summed E-state index contributed by atoms with van der Waals surface area (Å²) in [7, 11) is 0. The molecule has 0 heterocycles. The number of hydrogen-bond donors (Lipinski definition) is 1. The standard InChI is InChI=1S/C14H11ClFNOS/c15-12-5-4-9(6-13(12)16)8-18-11-3-1-2-10(7-11)14(17)19/h1-7H,8H2,(H2,17,19). The number of benzene rings is 2. The third-order valence-electron chi connectivity index (χ3n) is 2.51. The normalized spacial score (nSPS) is 10.2. The molecular weight excluding hydrogens is 285 g/mol. The maximum absolute atomic E-state index is 13.3. The summed E-state index contributed by atoms with van der Waals surface area (Å²) in [6.07, 6.45) is 0. The van der Waals surface area contributed by atoms with Crippen LogP contribution < -0.4 is 10.5 Å². The van der Waals surface area contributed by atoms with E-state index >= 15 is 0 Å². The summed E-state index contributed by atoms with van der Waals surface area (Å²) in [6.45, 7) is 0.245. The monoisotopic (exact) mass is 295 g/mol. The summed E-state index contributed by atoms with van der Waals surface area (Å²) in [5.41, 5.74) is 6.97. The average molecular weight is 296 g/mol. The first-order chi connectivity index (χ1) is 9.06. The maximum atomic E-state index is 13.3. The van der Waals surface area contributed by atoms with Crippen molar-refractivity contribution in [3.8, 4) is 5.75 Å². The van der Waals surface area contributed by atoms with Gasteiger partial charge in [-0.3, -0.25) is 0 Å². The molecule has 2 nitrogen and oxygen atoms in total. The summed E-state index contributed by atoms with van der Waals surface area (Å²) in [5, 5.41) is 0.0965. The van der Waals surface area contributed by atoms with Crippen LogP contribution in [0.1, 0.15) is 11.1 Å². The highest BCUT2D eigenvalue weighted by atomic mass is 35.5. The van der Waals surface area contributed by atoms with Crippen LogP contribution in [0, 0.1) is 5.82 Å². The molecule has 0 fully saturated rings. The molecule has 19 heavy (non-hydrogen) atoms. The van der Waals surface area contributed by atoms with Crippen molar-refractivity contribution in [3.05, 3.63) is 64.4 Å². The molecular formula is C14H11ClFNOS. The average Bonchev–Trinajstić information content (AvgIpc) is 2.40. The minimum Gasteiger partial charge on any atom is -0.489 e. The van der Waals surface area contributed by atoms with Gasteiger partial charge in [-0.05, 0) is 29.8 Å². The van der Waals surface area contributed by atoms with Crippen molar-refractivity contribution in [1.82, 2.24) is 0 Å². The predicted molar refractivity (Wildman–Crippen MR) is 78.1 cm³/mol. The molecule has 2 aromatic rings. The zero-order valence-electron chi connectivity index (χ0n) is 9.90. The van der Waals surface area contributed by atoms with E-state index in [2.05, 4.69) is 0 Å². The van der Waals surface area contributed by atoms with Crippen molar-refractivity contribution in [2.75, 3.05) is 0 Å². The molecule has 98 valence electrons. The van der Waals surface area contributed by atoms with Crippen molar-refractivity contribution in [1.29, 1.82) is 0 Å². The van der Waals surface area contributed by atoms with Gasteiger partial charge in [0, 0.05) is 5.56 Å². The van der Waals surface area contributed by atoms with E-state index in [0.29, 0.717) is 16.3 Å². The maximum Gasteiger partial charge on any atom is 0.142 e. The highest BCUT2D eigenvalue weighted by Crippen LogP contribution is 2.18. The summed E-state index contributed by atoms with van der Waals surface area (Å²) in [4.78, 5) is 0.308. The quantitative estimate of drug-likeness (QED) is 0.874. The predicted octanol–water partition coefficient (Wildman–Crippen LogP) is 3.69. The molecule has 2 rings (SSSR count). The molecule has 0 unspecified atom stereocenters. The lowest BCUT2D eigenvalue weighted by atomic mass is 10.2. The van der Waals surface area contributed by atoms with Crippen LogP contribution in [0.3, 0.4) is 0 Å². The summed E-state index contributed by atoms with van der Waals surface area (Å²) < 4.78 is 18.8. The van der Waals surface area contributed by atoms with E-state index in [1.807, 2.05) is 0 Å². The molecule has 0 saturated carbocycles. The number of rotatable bonds is 4. The Balaban J connectivity index is 2.07. The molecule has 0 aliphatic carbocycles. The van der Waals surface area contributed by atoms with Crippen LogP contribution >= 0.6 is 23.8 Å². The first kappa shape index (κ1) is 13.8. The molecule has 0 atom stereocenters. The molecule has 0 radical (unpaired) electrons. The minimum absolute atomic E-state index is 0.0965. The molecule has 2 aromatic carbocycles. The van der Waals surface area contributed by atoms with Crippen molar-refractivity contribution in [3.63, 3.8) is 0 Å². The van der Waals surface area contributed by atoms with Crippen LogP contribution in [-0.4, -0.2) is 4.99 Å². The zero-order chi connectivity index (χ0) is 13.8. The fourth-order valence-corrected chi connectivity index (χ4v) is 1.78. The fraction of sp³-hybridized carbons (Fsp3) is 0.0714. The Kier molecular flexibility index (Phi) is 4.35. The highest BCUT2D eigenvalue weighted by Gasteiger charge is 2.03. The van der Waals surface area contributed by atoms with Crippen LogP contribution in [-0.2, 0) is 6.61 Å². The van der Waals surface area contributed by atoms with Gasteiger partial charge in [0.15, 0.2) is 0 Å². The molecule has 0 spiro atoms. The second-order valence-electron chi connectivity index (χ2n) is 3.93. The van der Waals surface area contributed by atoms with Gasteiger partial charge in [-0.15, -0.1) is 0 Å². The number of thiocarbonyl (C=S) groups is 1. The van der Waals surface area contributed by atoms with Crippen LogP contribution in [0.5, 0.6) is 5.75 Å². The lowest BCUT2D eigenvalue weighted by molar-refractivity contribution is 0.305. The Hall–Kier alpha value is -1.65. The summed E-state index contributed by atoms with van der Waals surface area (Å²) in [5.74, 6) is 0.167. The van der Waals surface area contributed by atoms with Crippen molar-refractivity contribution in [2.24, 2.45) is 5.73 Å². The first-order valence-corrected chi connectivity index (χ1v) is 6.31. The van der Waals surface area contributed by atoms with Gasteiger partial charge in [0.05, 0.1) is 5.02 Å². The van der Waals surface area contributed by atoms with E-state index in [1.165, 1.54) is 12.1 Å². The Bertz CT molecular complexity index is 618. The van der Waals surface area contributed by atoms with Crippen molar-refractivity contribution < 1.29 is 9.13 Å². The summed E-state index contributed by atoms with van der Waals surface area (Å²) in [6, 6.07) is 11.7. The van der Waals surface area contributed by atoms with E-state index in [0.717, 1.165) is 5.56 Å². The third-order valence-corrected chi connectivity index (χ3v) is 3.05. The first-order valence-electron chi connectivity index (χ1n) is 5.53. The number of hydrogen-bond acceptors (Lipinski definition) is 2. The molecule has 5 heteroatoms. The van der Waals surface area contributed by atoms with Crippen molar-refractivity contribution in [2.45, 2.75) is 6.61 Å². The third kappa shape index (κ3) is 3.66. The Morgan fingerprint density at radius 1 is 1.26 bits per heavy atom. The molecule has 0 aromatic heterocycles. The van der Waals surface area contributed by atoms with Crippen molar-refractivity contribution >= 4 is 28.8 Å². The zero-order valence-corrected chi connectivity index (χ0v) is 11.5. The van der Waals surface area contributed by atoms with Gasteiger partial charge in [-0.25, -0.2) is 4.39 Å². The van der Waals surface area contributed by atoms with E-state index in [1.54, 1.807) is 30.3 Å². The Morgan fingerprint density at radius 3 is 2.74 bits per heavy atom. The Morgan fingerprint density at radius 2 is 2.05 bits per heavy atom. The molecule has 0 aliphatic heterocycles. The number of ether oxygens (including phenoxy) is 1. The van der Waals surface area contributed by atoms with E-state index in [4.69, 9.17) is 34.3 Å². The van der Waals surface area contributed by atoms with Crippen LogP contribution in [0.2, 0.25) is 5.02 Å². The van der Waals surface area contributed by atoms with Gasteiger partial charge >= 0.3 is 0 Å². The SMILES string of the molecule is NC(=S)c1cccc(OCc2ccc(Cl)c(F)c2)c1.